The van der Waals surface area contributed by atoms with Crippen LogP contribution in [0.15, 0.2) is 48.6 Å². The molecule has 0 aromatic heterocycles. The molecule has 0 saturated carbocycles. The van der Waals surface area contributed by atoms with E-state index in [4.69, 9.17) is 18.5 Å². The standard InChI is InChI=1S/C40H74NO7P/c1-6-8-10-12-14-16-18-20-21-22-23-25-27-29-31-33-40(42)48-39(38-47-49(43,44)46-36-34-41(3,4)5)37-45-35-32-30-28-26-24-19-17-15-13-11-9-7-2/h8,10,14,16,20-21,23,25,39H,6-7,9,11-13,15,17-19,22,24,26-38H2,1-5H3/p+1/b10-8-,16-14-,21-20-,25-23-. The zero-order chi connectivity index (χ0) is 36.3. The van der Waals surface area contributed by atoms with E-state index in [1.807, 2.05) is 21.1 Å². The van der Waals surface area contributed by atoms with Gasteiger partial charge < -0.3 is 18.9 Å². The lowest BCUT2D eigenvalue weighted by Crippen LogP contribution is -2.37. The number of phosphoric ester groups is 1. The summed E-state index contributed by atoms with van der Waals surface area (Å²) in [6.07, 6.45) is 38.5. The number of unbranched alkanes of at least 4 members (excludes halogenated alkanes) is 13. The number of ether oxygens (including phenoxy) is 2. The molecule has 0 aliphatic carbocycles. The Hall–Kier alpha value is -1.54. The minimum absolute atomic E-state index is 0.0798. The van der Waals surface area contributed by atoms with Crippen LogP contribution < -0.4 is 0 Å². The van der Waals surface area contributed by atoms with Crippen molar-refractivity contribution in [3.05, 3.63) is 48.6 Å². The Bertz CT molecular complexity index is 926. The van der Waals surface area contributed by atoms with Crippen molar-refractivity contribution in [2.24, 2.45) is 0 Å². The average molecular weight is 713 g/mol. The molecule has 2 atom stereocenters. The fraction of sp³-hybridized carbons (Fsp3) is 0.775. The predicted molar refractivity (Wildman–Crippen MR) is 206 cm³/mol. The van der Waals surface area contributed by atoms with E-state index in [2.05, 4.69) is 62.5 Å². The first-order chi connectivity index (χ1) is 23.6. The monoisotopic (exact) mass is 713 g/mol. The van der Waals surface area contributed by atoms with Crippen LogP contribution >= 0.6 is 7.82 Å². The van der Waals surface area contributed by atoms with E-state index in [-0.39, 0.29) is 32.2 Å². The minimum Gasteiger partial charge on any atom is -0.457 e. The number of quaternary nitrogens is 1. The summed E-state index contributed by atoms with van der Waals surface area (Å²) < 4.78 is 34.8. The van der Waals surface area contributed by atoms with E-state index in [1.54, 1.807) is 0 Å². The van der Waals surface area contributed by atoms with Crippen LogP contribution in [0, 0.1) is 0 Å². The molecule has 0 heterocycles. The first kappa shape index (κ1) is 47.5. The van der Waals surface area contributed by atoms with Gasteiger partial charge in [0.2, 0.25) is 0 Å². The highest BCUT2D eigenvalue weighted by Crippen LogP contribution is 2.43. The highest BCUT2D eigenvalue weighted by molar-refractivity contribution is 7.47. The van der Waals surface area contributed by atoms with Crippen molar-refractivity contribution in [1.82, 2.24) is 0 Å². The van der Waals surface area contributed by atoms with E-state index in [1.165, 1.54) is 64.2 Å². The fourth-order valence-corrected chi connectivity index (χ4v) is 5.64. The van der Waals surface area contributed by atoms with Crippen molar-refractivity contribution in [2.45, 2.75) is 148 Å². The van der Waals surface area contributed by atoms with Crippen LogP contribution in [0.3, 0.4) is 0 Å². The first-order valence-electron chi connectivity index (χ1n) is 19.4. The van der Waals surface area contributed by atoms with Gasteiger partial charge in [0.15, 0.2) is 0 Å². The first-order valence-corrected chi connectivity index (χ1v) is 20.9. The summed E-state index contributed by atoms with van der Waals surface area (Å²) in [4.78, 5) is 22.8. The summed E-state index contributed by atoms with van der Waals surface area (Å²) in [6.45, 7) is 5.44. The summed E-state index contributed by atoms with van der Waals surface area (Å²) in [6, 6.07) is 0. The van der Waals surface area contributed by atoms with Gasteiger partial charge in [-0.1, -0.05) is 133 Å². The normalized spacial score (nSPS) is 14.5. The highest BCUT2D eigenvalue weighted by Gasteiger charge is 2.26. The summed E-state index contributed by atoms with van der Waals surface area (Å²) in [5, 5.41) is 0. The molecule has 0 rings (SSSR count). The SMILES string of the molecule is CC/C=C\C/C=C\C/C=C\C/C=C\CCCCC(=O)OC(COCCCCCCCCCCCCCC)COP(=O)(O)OCC[N+](C)(C)C. The molecule has 0 bridgehead atoms. The lowest BCUT2D eigenvalue weighted by atomic mass is 10.1. The average Bonchev–Trinajstić information content (AvgIpc) is 3.04. The lowest BCUT2D eigenvalue weighted by molar-refractivity contribution is -0.870. The zero-order valence-electron chi connectivity index (χ0n) is 32.2. The van der Waals surface area contributed by atoms with Crippen LogP contribution in [0.2, 0.25) is 0 Å². The van der Waals surface area contributed by atoms with E-state index < -0.39 is 13.9 Å². The van der Waals surface area contributed by atoms with Gasteiger partial charge in [0.05, 0.1) is 34.4 Å². The van der Waals surface area contributed by atoms with E-state index in [0.717, 1.165) is 51.4 Å². The van der Waals surface area contributed by atoms with Gasteiger partial charge in [0.25, 0.3) is 0 Å². The molecule has 0 saturated heterocycles. The van der Waals surface area contributed by atoms with Crippen LogP contribution in [-0.4, -0.2) is 75.6 Å². The van der Waals surface area contributed by atoms with Crippen molar-refractivity contribution in [1.29, 1.82) is 0 Å². The Labute approximate surface area is 301 Å². The lowest BCUT2D eigenvalue weighted by Gasteiger charge is -2.24. The van der Waals surface area contributed by atoms with Crippen molar-refractivity contribution in [2.75, 3.05) is 54.1 Å². The van der Waals surface area contributed by atoms with Crippen molar-refractivity contribution in [3.8, 4) is 0 Å². The van der Waals surface area contributed by atoms with Gasteiger partial charge in [0, 0.05) is 13.0 Å². The van der Waals surface area contributed by atoms with Crippen LogP contribution in [-0.2, 0) is 27.9 Å². The molecule has 0 fully saturated rings. The minimum atomic E-state index is -4.28. The van der Waals surface area contributed by atoms with Crippen LogP contribution in [0.1, 0.15) is 142 Å². The van der Waals surface area contributed by atoms with E-state index in [0.29, 0.717) is 24.1 Å². The number of allylic oxidation sites excluding steroid dienone is 8. The van der Waals surface area contributed by atoms with Gasteiger partial charge in [0.1, 0.15) is 19.3 Å². The molecule has 0 aliphatic rings. The smallest absolute Gasteiger partial charge is 0.457 e. The Balaban J connectivity index is 4.39. The third kappa shape index (κ3) is 37.5. The van der Waals surface area contributed by atoms with Gasteiger partial charge in [-0.05, 0) is 51.4 Å². The Kier molecular flexibility index (Phi) is 32.5. The van der Waals surface area contributed by atoms with Gasteiger partial charge in [-0.2, -0.15) is 0 Å². The number of likely N-dealkylation sites (N-methyl/N-ethyl adjacent to an activating group) is 1. The topological polar surface area (TPSA) is 91.3 Å². The number of hydrogen-bond acceptors (Lipinski definition) is 6. The second-order valence-corrected chi connectivity index (χ2v) is 15.4. The largest absolute Gasteiger partial charge is 0.472 e. The van der Waals surface area contributed by atoms with Crippen LogP contribution in [0.25, 0.3) is 0 Å². The van der Waals surface area contributed by atoms with E-state index in [9.17, 15) is 14.3 Å². The number of carbonyl (C=O) groups excluding carboxylic acids is 1. The third-order valence-electron chi connectivity index (χ3n) is 7.90. The fourth-order valence-electron chi connectivity index (χ4n) is 4.89. The molecule has 0 aromatic rings. The molecule has 286 valence electrons. The van der Waals surface area contributed by atoms with Gasteiger partial charge in [-0.25, -0.2) is 4.57 Å². The molecule has 0 aromatic carbocycles. The summed E-state index contributed by atoms with van der Waals surface area (Å²) in [5.74, 6) is -0.355. The molecular formula is C40H75NO7P+. The quantitative estimate of drug-likeness (QED) is 0.0230. The highest BCUT2D eigenvalue weighted by atomic mass is 31.2. The summed E-state index contributed by atoms with van der Waals surface area (Å²) in [5.41, 5.74) is 0. The summed E-state index contributed by atoms with van der Waals surface area (Å²) >= 11 is 0. The maximum absolute atomic E-state index is 12.6. The molecule has 0 spiro atoms. The Morgan fingerprint density at radius 3 is 1.73 bits per heavy atom. The van der Waals surface area contributed by atoms with Gasteiger partial charge in [-0.3, -0.25) is 13.8 Å². The zero-order valence-corrected chi connectivity index (χ0v) is 33.1. The third-order valence-corrected chi connectivity index (χ3v) is 8.89. The number of esters is 1. The molecule has 1 N–H and O–H groups in total. The Morgan fingerprint density at radius 2 is 1.18 bits per heavy atom. The van der Waals surface area contributed by atoms with Crippen molar-refractivity contribution >= 4 is 13.8 Å². The molecule has 49 heavy (non-hydrogen) atoms. The molecule has 0 aliphatic heterocycles. The van der Waals surface area contributed by atoms with Crippen LogP contribution in [0.4, 0.5) is 0 Å². The van der Waals surface area contributed by atoms with Crippen LogP contribution in [0.5, 0.6) is 0 Å². The number of hydrogen-bond donors (Lipinski definition) is 1. The second kappa shape index (κ2) is 33.6. The molecule has 9 heteroatoms. The predicted octanol–water partition coefficient (Wildman–Crippen LogP) is 10.8. The number of phosphoric acid groups is 1. The molecule has 0 amide bonds. The van der Waals surface area contributed by atoms with E-state index >= 15 is 0 Å². The van der Waals surface area contributed by atoms with Gasteiger partial charge >= 0.3 is 13.8 Å². The molecule has 0 radical (unpaired) electrons. The second-order valence-electron chi connectivity index (χ2n) is 13.9. The number of rotatable bonds is 35. The van der Waals surface area contributed by atoms with Gasteiger partial charge in [-0.15, -0.1) is 0 Å². The molecular weight excluding hydrogens is 637 g/mol. The maximum atomic E-state index is 12.6. The van der Waals surface area contributed by atoms with Crippen molar-refractivity contribution in [3.63, 3.8) is 0 Å². The molecule has 2 unspecified atom stereocenters. The summed E-state index contributed by atoms with van der Waals surface area (Å²) in [7, 11) is 1.63. The number of carbonyl (C=O) groups is 1. The number of nitrogens with zero attached hydrogens (tertiary/aromatic N) is 1. The van der Waals surface area contributed by atoms with Crippen molar-refractivity contribution < 1.29 is 37.3 Å². The maximum Gasteiger partial charge on any atom is 0.472 e. The molecule has 8 nitrogen and oxygen atoms in total. The Morgan fingerprint density at radius 1 is 0.653 bits per heavy atom.